The molecule has 3 N–H and O–H groups in total. The molecule has 14 nitrogen and oxygen atoms in total. The Morgan fingerprint density at radius 2 is 1.45 bits per heavy atom. The van der Waals surface area contributed by atoms with E-state index < -0.39 is 6.04 Å². The van der Waals surface area contributed by atoms with Crippen molar-refractivity contribution in [1.82, 2.24) is 19.7 Å². The van der Waals surface area contributed by atoms with Gasteiger partial charge in [-0.2, -0.15) is 0 Å². The van der Waals surface area contributed by atoms with Crippen LogP contribution in [0.25, 0.3) is 5.00 Å². The number of fused-ring (bicyclic) bond motifs is 3. The van der Waals surface area contributed by atoms with Gasteiger partial charge in [-0.15, -0.1) is 21.5 Å². The predicted molar refractivity (Wildman–Crippen MR) is 261 cm³/mol. The number of nitrogens with one attached hydrogen (secondary N) is 1. The van der Waals surface area contributed by atoms with E-state index in [9.17, 15) is 9.59 Å². The molecule has 2 aromatic heterocycles. The van der Waals surface area contributed by atoms with Crippen LogP contribution in [0.4, 0.5) is 5.69 Å². The molecular formula is C50H64ClN7O7S. The second-order valence-electron chi connectivity index (χ2n) is 15.6. The van der Waals surface area contributed by atoms with Gasteiger partial charge >= 0.3 is 0 Å². The van der Waals surface area contributed by atoms with E-state index in [0.29, 0.717) is 102 Å². The summed E-state index contributed by atoms with van der Waals surface area (Å²) in [5.74, 6) is 13.1. The third kappa shape index (κ3) is 16.7. The molecule has 1 aliphatic heterocycles. The molecule has 0 aliphatic carbocycles. The van der Waals surface area contributed by atoms with Gasteiger partial charge in [-0.25, -0.2) is 0 Å². The second kappa shape index (κ2) is 29.0. The number of aromatic nitrogens is 3. The molecule has 5 rings (SSSR count). The Labute approximate surface area is 398 Å². The maximum atomic E-state index is 13.6. The minimum Gasteiger partial charge on any atom is -0.378 e. The highest BCUT2D eigenvalue weighted by atomic mass is 35.5. The molecule has 354 valence electrons. The van der Waals surface area contributed by atoms with Crippen molar-refractivity contribution in [2.45, 2.75) is 78.7 Å². The summed E-state index contributed by atoms with van der Waals surface area (Å²) >= 11 is 7.92. The van der Waals surface area contributed by atoms with Gasteiger partial charge in [0.15, 0.2) is 5.82 Å². The molecule has 2 aromatic carbocycles. The number of halogens is 1. The van der Waals surface area contributed by atoms with Crippen LogP contribution in [0.2, 0.25) is 5.02 Å². The molecule has 0 saturated carbocycles. The number of hydrogen-bond acceptors (Lipinski definition) is 12. The molecule has 0 radical (unpaired) electrons. The van der Waals surface area contributed by atoms with Crippen LogP contribution in [0.1, 0.15) is 96.7 Å². The van der Waals surface area contributed by atoms with Crippen molar-refractivity contribution in [2.75, 3.05) is 91.0 Å². The molecule has 2 amide bonds. The first-order chi connectivity index (χ1) is 32.2. The molecule has 3 heterocycles. The summed E-state index contributed by atoms with van der Waals surface area (Å²) in [7, 11) is 0. The minimum atomic E-state index is -0.587. The molecule has 0 saturated heterocycles. The van der Waals surface area contributed by atoms with Crippen molar-refractivity contribution < 1.29 is 33.3 Å². The van der Waals surface area contributed by atoms with Gasteiger partial charge in [0.05, 0.1) is 84.7 Å². The molecule has 0 bridgehead atoms. The number of ether oxygens (including phenoxy) is 5. The van der Waals surface area contributed by atoms with Crippen molar-refractivity contribution in [3.8, 4) is 28.7 Å². The fraction of sp³-hybridized carbons (Fsp3) is 0.500. The van der Waals surface area contributed by atoms with Gasteiger partial charge in [0.1, 0.15) is 16.9 Å². The van der Waals surface area contributed by atoms with E-state index in [1.165, 1.54) is 11.3 Å². The first-order valence-electron chi connectivity index (χ1n) is 22.8. The highest BCUT2D eigenvalue weighted by Gasteiger charge is 2.32. The number of nitrogens with zero attached hydrogens (tertiary/aromatic N) is 5. The lowest BCUT2D eigenvalue weighted by molar-refractivity contribution is -0.131. The topological polar surface area (TPSA) is 165 Å². The third-order valence-corrected chi connectivity index (χ3v) is 12.1. The van der Waals surface area contributed by atoms with Gasteiger partial charge in [-0.1, -0.05) is 68.2 Å². The van der Waals surface area contributed by atoms with Gasteiger partial charge in [0, 0.05) is 51.8 Å². The van der Waals surface area contributed by atoms with Crippen LogP contribution in [0.3, 0.4) is 0 Å². The summed E-state index contributed by atoms with van der Waals surface area (Å²) in [4.78, 5) is 34.9. The van der Waals surface area contributed by atoms with Gasteiger partial charge in [-0.3, -0.25) is 19.1 Å². The summed E-state index contributed by atoms with van der Waals surface area (Å²) in [5, 5.41) is 13.6. The number of amides is 2. The number of hydrogen-bond donors (Lipinski definition) is 2. The average molecular weight is 943 g/mol. The summed E-state index contributed by atoms with van der Waals surface area (Å²) in [6.07, 6.45) is 5.87. The van der Waals surface area contributed by atoms with Crippen LogP contribution in [-0.2, 0) is 33.3 Å². The predicted octanol–water partition coefficient (Wildman–Crippen LogP) is 7.41. The molecule has 4 aromatic rings. The van der Waals surface area contributed by atoms with Gasteiger partial charge < -0.3 is 39.6 Å². The van der Waals surface area contributed by atoms with Crippen molar-refractivity contribution in [1.29, 1.82) is 0 Å². The summed E-state index contributed by atoms with van der Waals surface area (Å²) in [6, 6.07) is 14.3. The SMILES string of the molecule is CCCCCCCC(=O)N(CC#CC#Cc1ccc(NC(=O)C[C@@H]2N=C(c3ccc(Cl)cc3)c3c(sc(C)c3C)-n3c(C)nnc32)cc1)CCOCCOCCOCCOCCOCCN. The molecule has 66 heavy (non-hydrogen) atoms. The largest absolute Gasteiger partial charge is 0.378 e. The molecule has 0 fully saturated rings. The Bertz CT molecular complexity index is 2290. The summed E-state index contributed by atoms with van der Waals surface area (Å²) < 4.78 is 29.6. The summed E-state index contributed by atoms with van der Waals surface area (Å²) in [5.41, 5.74) is 10.6. The van der Waals surface area contributed by atoms with E-state index >= 15 is 0 Å². The lowest BCUT2D eigenvalue weighted by atomic mass is 9.99. The quantitative estimate of drug-likeness (QED) is 0.0433. The number of unbranched alkanes of at least 4 members (excludes halogenated alkanes) is 4. The zero-order chi connectivity index (χ0) is 46.9. The monoisotopic (exact) mass is 941 g/mol. The van der Waals surface area contributed by atoms with Crippen molar-refractivity contribution in [2.24, 2.45) is 10.7 Å². The third-order valence-electron chi connectivity index (χ3n) is 10.6. The van der Waals surface area contributed by atoms with Crippen LogP contribution < -0.4 is 11.1 Å². The van der Waals surface area contributed by atoms with Crippen LogP contribution in [-0.4, -0.2) is 123 Å². The Hall–Kier alpha value is -4.94. The van der Waals surface area contributed by atoms with E-state index in [4.69, 9.17) is 46.0 Å². The zero-order valence-electron chi connectivity index (χ0n) is 38.8. The number of carbonyl (C=O) groups excluding carboxylic acids is 2. The van der Waals surface area contributed by atoms with E-state index in [1.807, 2.05) is 60.0 Å². The molecule has 0 unspecified atom stereocenters. The number of carbonyl (C=O) groups is 2. The average Bonchev–Trinajstić information content (AvgIpc) is 3.79. The first kappa shape index (κ1) is 52.0. The number of rotatable bonds is 28. The number of thiophene rings is 1. The first-order valence-corrected chi connectivity index (χ1v) is 24.0. The smallest absolute Gasteiger partial charge is 0.227 e. The van der Waals surface area contributed by atoms with E-state index in [-0.39, 0.29) is 24.8 Å². The molecule has 16 heteroatoms. The Morgan fingerprint density at radius 3 is 2.11 bits per heavy atom. The standard InChI is InChI=1S/C50H64ClN7O7S/c1-5-6-7-8-11-14-46(60)57(25-27-62-29-31-64-33-35-65-34-32-63-30-28-61-26-23-52)24-12-9-10-13-40-15-21-43(22-16-40)53-45(59)36-44-49-56-55-39(4)58(49)50-47(37(2)38(3)66-50)48(54-44)41-17-19-42(51)20-18-41/h15-22,44H,5-8,11,14,23-36,52H2,1-4H3,(H,53,59)/t44-/m0/s1. The lowest BCUT2D eigenvalue weighted by Crippen LogP contribution is -2.34. The van der Waals surface area contributed by atoms with E-state index in [1.54, 1.807) is 16.2 Å². The van der Waals surface area contributed by atoms with E-state index in [2.05, 4.69) is 60.0 Å². The van der Waals surface area contributed by atoms with Gasteiger partial charge in [-0.05, 0) is 81.0 Å². The zero-order valence-corrected chi connectivity index (χ0v) is 40.4. The highest BCUT2D eigenvalue weighted by Crippen LogP contribution is 2.39. The maximum absolute atomic E-state index is 13.6. The maximum Gasteiger partial charge on any atom is 0.227 e. The van der Waals surface area contributed by atoms with Gasteiger partial charge in [0.25, 0.3) is 0 Å². The normalized spacial score (nSPS) is 12.8. The number of aryl methyl sites for hydroxylation is 2. The van der Waals surface area contributed by atoms with Crippen LogP contribution >= 0.6 is 22.9 Å². The molecular weight excluding hydrogens is 878 g/mol. The number of aliphatic imine (C=N–C) groups is 1. The van der Waals surface area contributed by atoms with Crippen molar-refractivity contribution >= 4 is 46.2 Å². The number of nitrogens with two attached hydrogens (primary N) is 1. The van der Waals surface area contributed by atoms with Crippen molar-refractivity contribution in [3.63, 3.8) is 0 Å². The van der Waals surface area contributed by atoms with Crippen LogP contribution in [0, 0.1) is 44.5 Å². The number of benzene rings is 2. The Kier molecular flexibility index (Phi) is 22.8. The fourth-order valence-corrected chi connectivity index (χ4v) is 8.35. The molecule has 0 spiro atoms. The lowest BCUT2D eigenvalue weighted by Gasteiger charge is -2.20. The fourth-order valence-electron chi connectivity index (χ4n) is 7.01. The highest BCUT2D eigenvalue weighted by molar-refractivity contribution is 7.15. The van der Waals surface area contributed by atoms with Crippen LogP contribution in [0.5, 0.6) is 0 Å². The Balaban J connectivity index is 1.10. The van der Waals surface area contributed by atoms with Crippen molar-refractivity contribution in [3.05, 3.63) is 92.3 Å². The minimum absolute atomic E-state index is 0.0552. The summed E-state index contributed by atoms with van der Waals surface area (Å²) in [6.45, 7) is 14.1. The molecule has 1 atom stereocenters. The van der Waals surface area contributed by atoms with Crippen LogP contribution in [0.15, 0.2) is 53.5 Å². The molecule has 1 aliphatic rings. The number of anilines is 1. The Morgan fingerprint density at radius 1 is 0.818 bits per heavy atom. The second-order valence-corrected chi connectivity index (χ2v) is 17.3. The van der Waals surface area contributed by atoms with Gasteiger partial charge in [0.2, 0.25) is 11.8 Å². The van der Waals surface area contributed by atoms with E-state index in [0.717, 1.165) is 64.5 Å².